The average molecular weight is 584 g/mol. The van der Waals surface area contributed by atoms with E-state index in [2.05, 4.69) is 64.7 Å². The van der Waals surface area contributed by atoms with Crippen molar-refractivity contribution in [3.05, 3.63) is 66.0 Å². The maximum atomic E-state index is 13.2. The van der Waals surface area contributed by atoms with Gasteiger partial charge in [0.05, 0.1) is 33.2 Å². The van der Waals surface area contributed by atoms with E-state index in [0.717, 1.165) is 20.9 Å². The molecule has 0 bridgehead atoms. The van der Waals surface area contributed by atoms with E-state index in [9.17, 15) is 4.79 Å². The maximum Gasteiger partial charge on any atom is 0.282 e. The highest BCUT2D eigenvalue weighted by atomic mass is 79.9. The number of halogens is 3. The van der Waals surface area contributed by atoms with Gasteiger partial charge in [0.15, 0.2) is 5.75 Å². The predicted molar refractivity (Wildman–Crippen MR) is 140 cm³/mol. The molecule has 1 aromatic heterocycles. The molecule has 0 radical (unpaired) electrons. The van der Waals surface area contributed by atoms with Crippen LogP contribution in [0, 0.1) is 5.41 Å². The summed E-state index contributed by atoms with van der Waals surface area (Å²) >= 11 is 13.4. The normalized spacial score (nSPS) is 13.1. The Morgan fingerprint density at radius 2 is 1.97 bits per heavy atom. The number of nitrogens with zero attached hydrogens (tertiary/aromatic N) is 3. The number of fused-ring (bicyclic) bond motifs is 1. The van der Waals surface area contributed by atoms with E-state index in [1.54, 1.807) is 18.3 Å². The third-order valence-electron chi connectivity index (χ3n) is 4.88. The standard InChI is InChI=1S/C24H26Br2ClN3O2/c1-6-14(2)22-29-20-8-7-16(25)11-17(20)23(31)30(22)28-12-15-9-18(26)21(19(27)10-15)32-13-24(3,4)5/h7-12,14H,6,13H2,1-5H3/t14-/m0/s1. The van der Waals surface area contributed by atoms with Crippen LogP contribution in [-0.4, -0.2) is 22.5 Å². The third kappa shape index (κ3) is 5.80. The van der Waals surface area contributed by atoms with E-state index in [4.69, 9.17) is 21.3 Å². The van der Waals surface area contributed by atoms with Crippen LogP contribution in [0.4, 0.5) is 0 Å². The van der Waals surface area contributed by atoms with Crippen molar-refractivity contribution in [1.29, 1.82) is 0 Å². The van der Waals surface area contributed by atoms with Gasteiger partial charge in [0.2, 0.25) is 0 Å². The van der Waals surface area contributed by atoms with E-state index in [1.165, 1.54) is 4.68 Å². The molecule has 0 aliphatic heterocycles. The molecular weight excluding hydrogens is 558 g/mol. The molecule has 0 unspecified atom stereocenters. The van der Waals surface area contributed by atoms with Gasteiger partial charge in [-0.3, -0.25) is 4.79 Å². The van der Waals surface area contributed by atoms with Crippen molar-refractivity contribution >= 4 is 60.6 Å². The summed E-state index contributed by atoms with van der Waals surface area (Å²) < 4.78 is 8.83. The summed E-state index contributed by atoms with van der Waals surface area (Å²) in [6, 6.07) is 9.13. The zero-order valence-corrected chi connectivity index (χ0v) is 22.7. The fourth-order valence-electron chi connectivity index (χ4n) is 2.98. The molecule has 0 aliphatic rings. The number of hydrogen-bond acceptors (Lipinski definition) is 4. The number of rotatable bonds is 6. The van der Waals surface area contributed by atoms with Crippen molar-refractivity contribution in [3.8, 4) is 5.75 Å². The van der Waals surface area contributed by atoms with Crippen LogP contribution in [0.25, 0.3) is 10.9 Å². The van der Waals surface area contributed by atoms with Crippen LogP contribution in [0.15, 0.2) is 49.2 Å². The summed E-state index contributed by atoms with van der Waals surface area (Å²) in [5, 5.41) is 5.48. The lowest BCUT2D eigenvalue weighted by Gasteiger charge is -2.20. The molecule has 2 aromatic carbocycles. The zero-order valence-electron chi connectivity index (χ0n) is 18.7. The Hall–Kier alpha value is -1.70. The zero-order chi connectivity index (χ0) is 23.6. The van der Waals surface area contributed by atoms with E-state index in [-0.39, 0.29) is 16.9 Å². The van der Waals surface area contributed by atoms with Gasteiger partial charge >= 0.3 is 0 Å². The van der Waals surface area contributed by atoms with Gasteiger partial charge in [-0.2, -0.15) is 9.78 Å². The van der Waals surface area contributed by atoms with E-state index >= 15 is 0 Å². The maximum absolute atomic E-state index is 13.2. The lowest BCUT2D eigenvalue weighted by molar-refractivity contribution is 0.197. The molecule has 1 heterocycles. The largest absolute Gasteiger partial charge is 0.490 e. The molecule has 8 heteroatoms. The minimum atomic E-state index is -0.210. The first-order valence-electron chi connectivity index (χ1n) is 10.4. The van der Waals surface area contributed by atoms with Crippen LogP contribution in [-0.2, 0) is 0 Å². The topological polar surface area (TPSA) is 56.5 Å². The van der Waals surface area contributed by atoms with Crippen molar-refractivity contribution in [2.75, 3.05) is 6.61 Å². The van der Waals surface area contributed by atoms with Crippen molar-refractivity contribution in [3.63, 3.8) is 0 Å². The molecule has 0 saturated carbocycles. The molecule has 32 heavy (non-hydrogen) atoms. The molecule has 3 aromatic rings. The fraction of sp³-hybridized carbons (Fsp3) is 0.375. The van der Waals surface area contributed by atoms with Crippen molar-refractivity contribution < 1.29 is 4.74 Å². The van der Waals surface area contributed by atoms with Crippen LogP contribution in [0.3, 0.4) is 0 Å². The van der Waals surface area contributed by atoms with Crippen LogP contribution in [0.5, 0.6) is 5.75 Å². The lowest BCUT2D eigenvalue weighted by Crippen LogP contribution is -2.23. The SMILES string of the molecule is CC[C@H](C)c1nc2ccc(Br)cc2c(=O)n1N=Cc1cc(Cl)c(OCC(C)(C)C)c(Br)c1. The highest BCUT2D eigenvalue weighted by molar-refractivity contribution is 9.10. The first-order valence-corrected chi connectivity index (χ1v) is 12.3. The Bertz CT molecular complexity index is 1210. The minimum absolute atomic E-state index is 0.00845. The molecule has 0 N–H and O–H groups in total. The van der Waals surface area contributed by atoms with Gasteiger partial charge in [-0.1, -0.05) is 62.1 Å². The fourth-order valence-corrected chi connectivity index (χ4v) is 4.33. The van der Waals surface area contributed by atoms with Gasteiger partial charge in [0, 0.05) is 10.4 Å². The van der Waals surface area contributed by atoms with Crippen LogP contribution < -0.4 is 10.3 Å². The lowest BCUT2D eigenvalue weighted by atomic mass is 9.99. The second-order valence-electron chi connectivity index (χ2n) is 8.97. The second kappa shape index (κ2) is 10.1. The Morgan fingerprint density at radius 3 is 2.59 bits per heavy atom. The monoisotopic (exact) mass is 581 g/mol. The third-order valence-corrected chi connectivity index (χ3v) is 6.24. The summed E-state index contributed by atoms with van der Waals surface area (Å²) in [5.41, 5.74) is 1.19. The molecule has 0 fully saturated rings. The van der Waals surface area contributed by atoms with Crippen LogP contribution in [0.2, 0.25) is 5.02 Å². The van der Waals surface area contributed by atoms with Crippen molar-refractivity contribution in [2.45, 2.75) is 47.0 Å². The molecule has 0 spiro atoms. The Morgan fingerprint density at radius 1 is 1.25 bits per heavy atom. The summed E-state index contributed by atoms with van der Waals surface area (Å²) in [4.78, 5) is 18.0. The molecular formula is C24H26Br2ClN3O2. The van der Waals surface area contributed by atoms with E-state index in [1.807, 2.05) is 25.1 Å². The molecule has 0 aliphatic carbocycles. The summed E-state index contributed by atoms with van der Waals surface area (Å²) in [7, 11) is 0. The summed E-state index contributed by atoms with van der Waals surface area (Å²) in [6.45, 7) is 10.9. The van der Waals surface area contributed by atoms with Gasteiger partial charge in [-0.15, -0.1) is 0 Å². The molecule has 0 saturated heterocycles. The Balaban J connectivity index is 2.04. The highest BCUT2D eigenvalue weighted by Crippen LogP contribution is 2.35. The molecule has 5 nitrogen and oxygen atoms in total. The Labute approximate surface area is 210 Å². The number of benzene rings is 2. The molecule has 0 amide bonds. The summed E-state index contributed by atoms with van der Waals surface area (Å²) in [5.74, 6) is 1.28. The van der Waals surface area contributed by atoms with Crippen molar-refractivity contribution in [1.82, 2.24) is 9.66 Å². The summed E-state index contributed by atoms with van der Waals surface area (Å²) in [6.07, 6.45) is 2.45. The van der Waals surface area contributed by atoms with Gasteiger partial charge < -0.3 is 4.74 Å². The highest BCUT2D eigenvalue weighted by Gasteiger charge is 2.17. The predicted octanol–water partition coefficient (Wildman–Crippen LogP) is 7.40. The van der Waals surface area contributed by atoms with Gasteiger partial charge in [-0.25, -0.2) is 4.98 Å². The van der Waals surface area contributed by atoms with Gasteiger partial charge in [-0.05, 0) is 63.7 Å². The van der Waals surface area contributed by atoms with Crippen LogP contribution >= 0.6 is 43.5 Å². The molecule has 3 rings (SSSR count). The number of aromatic nitrogens is 2. The number of hydrogen-bond donors (Lipinski definition) is 0. The van der Waals surface area contributed by atoms with Gasteiger partial charge in [0.25, 0.3) is 5.56 Å². The van der Waals surface area contributed by atoms with Crippen molar-refractivity contribution in [2.24, 2.45) is 10.5 Å². The first-order chi connectivity index (χ1) is 15.0. The average Bonchev–Trinajstić information content (AvgIpc) is 2.71. The molecule has 170 valence electrons. The van der Waals surface area contributed by atoms with Gasteiger partial charge in [0.1, 0.15) is 5.82 Å². The van der Waals surface area contributed by atoms with E-state index < -0.39 is 0 Å². The quantitative estimate of drug-likeness (QED) is 0.284. The molecule has 1 atom stereocenters. The number of ether oxygens (including phenoxy) is 1. The van der Waals surface area contributed by atoms with E-state index in [0.29, 0.717) is 34.1 Å². The Kier molecular flexibility index (Phi) is 7.84. The minimum Gasteiger partial charge on any atom is -0.490 e. The second-order valence-corrected chi connectivity index (χ2v) is 11.1. The smallest absolute Gasteiger partial charge is 0.282 e. The first kappa shape index (κ1) is 24.9. The van der Waals surface area contributed by atoms with Crippen LogP contribution in [0.1, 0.15) is 58.3 Å².